The molecule has 1 heterocycles. The first kappa shape index (κ1) is 7.56. The fourth-order valence-electron chi connectivity index (χ4n) is 1.58. The standard InChI is InChI=1S/C9H17NO/c1-7-4-9(5-10-7)11-6-8-2-3-8/h7-10H,2-6H2,1H3/t7-,9+/m1/s1. The van der Waals surface area contributed by atoms with Crippen molar-refractivity contribution in [3.8, 4) is 0 Å². The first-order valence-electron chi connectivity index (χ1n) is 4.69. The van der Waals surface area contributed by atoms with Crippen LogP contribution in [0.15, 0.2) is 0 Å². The summed E-state index contributed by atoms with van der Waals surface area (Å²) in [6.07, 6.45) is 4.50. The van der Waals surface area contributed by atoms with E-state index in [-0.39, 0.29) is 0 Å². The summed E-state index contributed by atoms with van der Waals surface area (Å²) in [7, 11) is 0. The molecule has 2 fully saturated rings. The van der Waals surface area contributed by atoms with Crippen molar-refractivity contribution in [2.75, 3.05) is 13.2 Å². The highest BCUT2D eigenvalue weighted by molar-refractivity contribution is 4.80. The molecule has 0 aromatic carbocycles. The zero-order valence-corrected chi connectivity index (χ0v) is 7.18. The molecule has 2 aliphatic rings. The lowest BCUT2D eigenvalue weighted by atomic mass is 10.2. The normalized spacial score (nSPS) is 37.9. The Morgan fingerprint density at radius 3 is 2.82 bits per heavy atom. The van der Waals surface area contributed by atoms with Gasteiger partial charge in [0.15, 0.2) is 0 Å². The van der Waals surface area contributed by atoms with Crippen molar-refractivity contribution in [1.29, 1.82) is 0 Å². The molecule has 0 spiro atoms. The van der Waals surface area contributed by atoms with E-state index in [1.165, 1.54) is 19.3 Å². The van der Waals surface area contributed by atoms with Crippen LogP contribution in [0.1, 0.15) is 26.2 Å². The minimum atomic E-state index is 0.505. The smallest absolute Gasteiger partial charge is 0.0714 e. The molecule has 0 aromatic rings. The highest BCUT2D eigenvalue weighted by atomic mass is 16.5. The van der Waals surface area contributed by atoms with Crippen LogP contribution in [0.5, 0.6) is 0 Å². The molecular weight excluding hydrogens is 138 g/mol. The fourth-order valence-corrected chi connectivity index (χ4v) is 1.58. The fraction of sp³-hybridized carbons (Fsp3) is 1.00. The largest absolute Gasteiger partial charge is 0.377 e. The van der Waals surface area contributed by atoms with Gasteiger partial charge in [-0.1, -0.05) is 0 Å². The van der Waals surface area contributed by atoms with Gasteiger partial charge in [0.2, 0.25) is 0 Å². The van der Waals surface area contributed by atoms with E-state index in [1.807, 2.05) is 0 Å². The van der Waals surface area contributed by atoms with E-state index in [0.29, 0.717) is 12.1 Å². The summed E-state index contributed by atoms with van der Waals surface area (Å²) in [5.74, 6) is 0.908. The molecule has 1 aliphatic carbocycles. The molecule has 2 atom stereocenters. The summed E-state index contributed by atoms with van der Waals surface area (Å²) in [6, 6.07) is 0.666. The highest BCUT2D eigenvalue weighted by Gasteiger charge is 2.26. The molecule has 0 radical (unpaired) electrons. The Labute approximate surface area is 68.3 Å². The maximum absolute atomic E-state index is 5.73. The Morgan fingerprint density at radius 1 is 1.45 bits per heavy atom. The Morgan fingerprint density at radius 2 is 2.27 bits per heavy atom. The summed E-state index contributed by atoms with van der Waals surface area (Å²) < 4.78 is 5.73. The lowest BCUT2D eigenvalue weighted by molar-refractivity contribution is 0.0581. The van der Waals surface area contributed by atoms with Gasteiger partial charge in [-0.3, -0.25) is 0 Å². The first-order chi connectivity index (χ1) is 5.34. The average Bonchev–Trinajstić information content (AvgIpc) is 2.72. The molecule has 2 rings (SSSR count). The third-order valence-corrected chi connectivity index (χ3v) is 2.57. The van der Waals surface area contributed by atoms with Gasteiger partial charge in [0.05, 0.1) is 6.10 Å². The van der Waals surface area contributed by atoms with Crippen LogP contribution in [-0.4, -0.2) is 25.3 Å². The van der Waals surface area contributed by atoms with E-state index in [1.54, 1.807) is 0 Å². The first-order valence-corrected chi connectivity index (χ1v) is 4.69. The summed E-state index contributed by atoms with van der Waals surface area (Å²) in [5, 5.41) is 3.39. The van der Waals surface area contributed by atoms with Crippen molar-refractivity contribution >= 4 is 0 Å². The molecule has 1 aliphatic heterocycles. The van der Waals surface area contributed by atoms with Crippen LogP contribution in [0, 0.1) is 5.92 Å². The van der Waals surface area contributed by atoms with Crippen molar-refractivity contribution in [2.45, 2.75) is 38.3 Å². The molecule has 0 unspecified atom stereocenters. The summed E-state index contributed by atoms with van der Waals surface area (Å²) in [5.41, 5.74) is 0. The second-order valence-electron chi connectivity index (χ2n) is 3.94. The monoisotopic (exact) mass is 155 g/mol. The Hall–Kier alpha value is -0.0800. The van der Waals surface area contributed by atoms with Gasteiger partial charge in [0.1, 0.15) is 0 Å². The number of ether oxygens (including phenoxy) is 1. The van der Waals surface area contributed by atoms with Crippen molar-refractivity contribution in [3.63, 3.8) is 0 Å². The Balaban J connectivity index is 1.62. The molecule has 1 N–H and O–H groups in total. The maximum Gasteiger partial charge on any atom is 0.0714 e. The predicted octanol–water partition coefficient (Wildman–Crippen LogP) is 1.16. The topological polar surface area (TPSA) is 21.3 Å². The molecule has 0 amide bonds. The molecule has 0 bridgehead atoms. The molecule has 2 heteroatoms. The van der Waals surface area contributed by atoms with E-state index < -0.39 is 0 Å². The van der Waals surface area contributed by atoms with Gasteiger partial charge in [0, 0.05) is 19.2 Å². The minimum Gasteiger partial charge on any atom is -0.377 e. The van der Waals surface area contributed by atoms with Crippen molar-refractivity contribution in [2.24, 2.45) is 5.92 Å². The number of hydrogen-bond acceptors (Lipinski definition) is 2. The molecule has 0 aromatic heterocycles. The third-order valence-electron chi connectivity index (χ3n) is 2.57. The lowest BCUT2D eigenvalue weighted by Gasteiger charge is -2.09. The highest BCUT2D eigenvalue weighted by Crippen LogP contribution is 2.29. The van der Waals surface area contributed by atoms with E-state index in [9.17, 15) is 0 Å². The van der Waals surface area contributed by atoms with E-state index in [0.717, 1.165) is 19.1 Å². The molecule has 1 saturated heterocycles. The van der Waals surface area contributed by atoms with Gasteiger partial charge in [0.25, 0.3) is 0 Å². The van der Waals surface area contributed by atoms with E-state index >= 15 is 0 Å². The van der Waals surface area contributed by atoms with Crippen molar-refractivity contribution in [1.82, 2.24) is 5.32 Å². The van der Waals surface area contributed by atoms with Crippen LogP contribution in [-0.2, 0) is 4.74 Å². The van der Waals surface area contributed by atoms with Gasteiger partial charge in [-0.2, -0.15) is 0 Å². The van der Waals surface area contributed by atoms with Crippen molar-refractivity contribution < 1.29 is 4.74 Å². The van der Waals surface area contributed by atoms with Crippen LogP contribution < -0.4 is 5.32 Å². The molecule has 11 heavy (non-hydrogen) atoms. The summed E-state index contributed by atoms with van der Waals surface area (Å²) in [6.45, 7) is 4.30. The zero-order valence-electron chi connectivity index (χ0n) is 7.18. The van der Waals surface area contributed by atoms with E-state index in [4.69, 9.17) is 4.74 Å². The van der Waals surface area contributed by atoms with Gasteiger partial charge in [-0.05, 0) is 32.1 Å². The van der Waals surface area contributed by atoms with Gasteiger partial charge >= 0.3 is 0 Å². The predicted molar refractivity (Wildman–Crippen MR) is 44.5 cm³/mol. The average molecular weight is 155 g/mol. The quantitative estimate of drug-likeness (QED) is 0.660. The molecule has 2 nitrogen and oxygen atoms in total. The number of rotatable bonds is 3. The summed E-state index contributed by atoms with van der Waals surface area (Å²) >= 11 is 0. The van der Waals surface area contributed by atoms with E-state index in [2.05, 4.69) is 12.2 Å². The molecular formula is C9H17NO. The van der Waals surface area contributed by atoms with Crippen LogP contribution in [0.4, 0.5) is 0 Å². The van der Waals surface area contributed by atoms with Gasteiger partial charge in [-0.25, -0.2) is 0 Å². The molecule has 1 saturated carbocycles. The van der Waals surface area contributed by atoms with Gasteiger partial charge in [-0.15, -0.1) is 0 Å². The Bertz CT molecular complexity index is 134. The summed E-state index contributed by atoms with van der Waals surface area (Å²) in [4.78, 5) is 0. The van der Waals surface area contributed by atoms with Crippen LogP contribution in [0.25, 0.3) is 0 Å². The van der Waals surface area contributed by atoms with Crippen LogP contribution >= 0.6 is 0 Å². The number of hydrogen-bond donors (Lipinski definition) is 1. The lowest BCUT2D eigenvalue weighted by Crippen LogP contribution is -2.19. The van der Waals surface area contributed by atoms with Gasteiger partial charge < -0.3 is 10.1 Å². The maximum atomic E-state index is 5.73. The second-order valence-corrected chi connectivity index (χ2v) is 3.94. The second kappa shape index (κ2) is 3.11. The third kappa shape index (κ3) is 2.17. The van der Waals surface area contributed by atoms with Crippen LogP contribution in [0.3, 0.4) is 0 Å². The number of nitrogens with one attached hydrogen (secondary N) is 1. The molecule has 64 valence electrons. The SMILES string of the molecule is C[C@@H]1C[C@H](OCC2CC2)CN1. The van der Waals surface area contributed by atoms with Crippen LogP contribution in [0.2, 0.25) is 0 Å². The Kier molecular flexibility index (Phi) is 2.14. The zero-order chi connectivity index (χ0) is 7.68. The minimum absolute atomic E-state index is 0.505. The van der Waals surface area contributed by atoms with Crippen molar-refractivity contribution in [3.05, 3.63) is 0 Å².